The first kappa shape index (κ1) is 13.2. The van der Waals surface area contributed by atoms with Gasteiger partial charge in [0.2, 0.25) is 5.91 Å². The summed E-state index contributed by atoms with van der Waals surface area (Å²) in [4.78, 5) is 11.7. The minimum atomic E-state index is -0.582. The fraction of sp³-hybridized carbons (Fsp3) is 0.133. The van der Waals surface area contributed by atoms with Gasteiger partial charge in [-0.25, -0.2) is 4.39 Å². The van der Waals surface area contributed by atoms with Gasteiger partial charge in [0.25, 0.3) is 0 Å². The number of nitrogens with two attached hydrogens (primary N) is 1. The average molecular weight is 258 g/mol. The van der Waals surface area contributed by atoms with Crippen LogP contribution in [0, 0.1) is 5.82 Å². The van der Waals surface area contributed by atoms with E-state index in [1.807, 2.05) is 18.2 Å². The van der Waals surface area contributed by atoms with Crippen molar-refractivity contribution < 1.29 is 9.18 Å². The van der Waals surface area contributed by atoms with Gasteiger partial charge in [-0.1, -0.05) is 30.3 Å². The molecule has 3 nitrogen and oxygen atoms in total. The lowest BCUT2D eigenvalue weighted by Gasteiger charge is -2.12. The van der Waals surface area contributed by atoms with E-state index in [1.165, 1.54) is 12.1 Å². The molecule has 2 aromatic carbocycles. The van der Waals surface area contributed by atoms with Crippen molar-refractivity contribution in [1.82, 2.24) is 0 Å². The van der Waals surface area contributed by atoms with Gasteiger partial charge in [-0.15, -0.1) is 0 Å². The van der Waals surface area contributed by atoms with Crippen molar-refractivity contribution in [3.8, 4) is 11.1 Å². The number of para-hydroxylation sites is 1. The summed E-state index contributed by atoms with van der Waals surface area (Å²) in [6.07, 6.45) is 0. The van der Waals surface area contributed by atoms with Gasteiger partial charge in [-0.2, -0.15) is 0 Å². The standard InChI is InChI=1S/C15H15FN2O/c1-10(17)15(19)18-14-5-3-2-4-13(14)11-6-8-12(16)9-7-11/h2-10H,17H2,1H3,(H,18,19)/t10-/m0/s1. The molecule has 0 unspecified atom stereocenters. The van der Waals surface area contributed by atoms with Crippen LogP contribution in [0.3, 0.4) is 0 Å². The Morgan fingerprint density at radius 3 is 2.42 bits per heavy atom. The normalized spacial score (nSPS) is 11.9. The minimum absolute atomic E-state index is 0.255. The predicted molar refractivity (Wildman–Crippen MR) is 74.1 cm³/mol. The van der Waals surface area contributed by atoms with Crippen LogP contribution < -0.4 is 11.1 Å². The fourth-order valence-corrected chi connectivity index (χ4v) is 1.72. The topological polar surface area (TPSA) is 55.1 Å². The number of hydrogen-bond donors (Lipinski definition) is 2. The van der Waals surface area contributed by atoms with Gasteiger partial charge in [0.15, 0.2) is 0 Å². The van der Waals surface area contributed by atoms with Gasteiger partial charge in [0, 0.05) is 11.3 Å². The van der Waals surface area contributed by atoms with Crippen molar-refractivity contribution in [1.29, 1.82) is 0 Å². The molecule has 0 radical (unpaired) electrons. The highest BCUT2D eigenvalue weighted by Crippen LogP contribution is 2.27. The van der Waals surface area contributed by atoms with Crippen molar-refractivity contribution in [3.63, 3.8) is 0 Å². The molecule has 1 atom stereocenters. The van der Waals surface area contributed by atoms with Gasteiger partial charge >= 0.3 is 0 Å². The molecule has 2 rings (SSSR count). The summed E-state index contributed by atoms with van der Waals surface area (Å²) >= 11 is 0. The number of rotatable bonds is 3. The van der Waals surface area contributed by atoms with E-state index < -0.39 is 6.04 Å². The van der Waals surface area contributed by atoms with Gasteiger partial charge in [-0.3, -0.25) is 4.79 Å². The molecule has 4 heteroatoms. The Labute approximate surface area is 111 Å². The van der Waals surface area contributed by atoms with Crippen LogP contribution in [0.15, 0.2) is 48.5 Å². The monoisotopic (exact) mass is 258 g/mol. The molecule has 19 heavy (non-hydrogen) atoms. The van der Waals surface area contributed by atoms with Crippen LogP contribution in [0.1, 0.15) is 6.92 Å². The third-order valence-electron chi connectivity index (χ3n) is 2.75. The second-order valence-electron chi connectivity index (χ2n) is 4.33. The van der Waals surface area contributed by atoms with Crippen LogP contribution in [-0.2, 0) is 4.79 Å². The van der Waals surface area contributed by atoms with E-state index in [4.69, 9.17) is 5.73 Å². The van der Waals surface area contributed by atoms with Crippen LogP contribution >= 0.6 is 0 Å². The molecule has 2 aromatic rings. The Morgan fingerprint density at radius 2 is 1.79 bits per heavy atom. The summed E-state index contributed by atoms with van der Waals surface area (Å²) in [7, 11) is 0. The second-order valence-corrected chi connectivity index (χ2v) is 4.33. The van der Waals surface area contributed by atoms with E-state index in [-0.39, 0.29) is 11.7 Å². The van der Waals surface area contributed by atoms with E-state index in [1.54, 1.807) is 25.1 Å². The fourth-order valence-electron chi connectivity index (χ4n) is 1.72. The van der Waals surface area contributed by atoms with E-state index in [0.717, 1.165) is 11.1 Å². The molecule has 0 aliphatic carbocycles. The van der Waals surface area contributed by atoms with Crippen molar-refractivity contribution in [2.24, 2.45) is 5.73 Å². The smallest absolute Gasteiger partial charge is 0.241 e. The maximum Gasteiger partial charge on any atom is 0.241 e. The van der Waals surface area contributed by atoms with Crippen LogP contribution in [0.4, 0.5) is 10.1 Å². The number of anilines is 1. The summed E-state index contributed by atoms with van der Waals surface area (Å²) < 4.78 is 12.9. The van der Waals surface area contributed by atoms with E-state index >= 15 is 0 Å². The lowest BCUT2D eigenvalue weighted by molar-refractivity contribution is -0.117. The highest BCUT2D eigenvalue weighted by molar-refractivity contribution is 5.98. The van der Waals surface area contributed by atoms with E-state index in [9.17, 15) is 9.18 Å². The van der Waals surface area contributed by atoms with Crippen molar-refractivity contribution in [3.05, 3.63) is 54.3 Å². The molecule has 0 aliphatic heterocycles. The Kier molecular flexibility index (Phi) is 3.92. The number of nitrogens with one attached hydrogen (secondary N) is 1. The molecule has 0 spiro atoms. The van der Waals surface area contributed by atoms with Crippen molar-refractivity contribution in [2.75, 3.05) is 5.32 Å². The van der Waals surface area contributed by atoms with Gasteiger partial charge in [0.05, 0.1) is 6.04 Å². The molecule has 98 valence electrons. The second kappa shape index (κ2) is 5.63. The third kappa shape index (κ3) is 3.17. The molecule has 0 fully saturated rings. The minimum Gasteiger partial charge on any atom is -0.324 e. The average Bonchev–Trinajstić information content (AvgIpc) is 2.40. The van der Waals surface area contributed by atoms with E-state index in [0.29, 0.717) is 5.69 Å². The molecule has 1 amide bonds. The summed E-state index contributed by atoms with van der Waals surface area (Å²) in [5, 5.41) is 2.77. The largest absolute Gasteiger partial charge is 0.324 e. The molecule has 0 heterocycles. The SMILES string of the molecule is C[C@H](N)C(=O)Nc1ccccc1-c1ccc(F)cc1. The molecule has 3 N–H and O–H groups in total. The molecule has 0 aromatic heterocycles. The molecule has 0 bridgehead atoms. The number of hydrogen-bond acceptors (Lipinski definition) is 2. The van der Waals surface area contributed by atoms with Crippen LogP contribution in [0.2, 0.25) is 0 Å². The number of carbonyl (C=O) groups is 1. The molecule has 0 saturated heterocycles. The van der Waals surface area contributed by atoms with Crippen LogP contribution in [-0.4, -0.2) is 11.9 Å². The summed E-state index contributed by atoms with van der Waals surface area (Å²) in [6.45, 7) is 1.62. The number of carbonyl (C=O) groups excluding carboxylic acids is 1. The Bertz CT molecular complexity index is 579. The number of amides is 1. The summed E-state index contributed by atoms with van der Waals surface area (Å²) in [5.41, 5.74) is 7.86. The van der Waals surface area contributed by atoms with Gasteiger partial charge in [-0.05, 0) is 30.7 Å². The Balaban J connectivity index is 2.36. The molecular weight excluding hydrogens is 243 g/mol. The van der Waals surface area contributed by atoms with Crippen LogP contribution in [0.5, 0.6) is 0 Å². The van der Waals surface area contributed by atoms with Crippen molar-refractivity contribution in [2.45, 2.75) is 13.0 Å². The first-order chi connectivity index (χ1) is 9.08. The maximum atomic E-state index is 12.9. The first-order valence-electron chi connectivity index (χ1n) is 5.99. The lowest BCUT2D eigenvalue weighted by atomic mass is 10.0. The maximum absolute atomic E-state index is 12.9. The van der Waals surface area contributed by atoms with Gasteiger partial charge < -0.3 is 11.1 Å². The zero-order valence-corrected chi connectivity index (χ0v) is 10.6. The Morgan fingerprint density at radius 1 is 1.16 bits per heavy atom. The van der Waals surface area contributed by atoms with Crippen molar-refractivity contribution >= 4 is 11.6 Å². The first-order valence-corrected chi connectivity index (χ1v) is 5.99. The van der Waals surface area contributed by atoms with E-state index in [2.05, 4.69) is 5.32 Å². The molecule has 0 saturated carbocycles. The van der Waals surface area contributed by atoms with Crippen LogP contribution in [0.25, 0.3) is 11.1 Å². The quantitative estimate of drug-likeness (QED) is 0.889. The molecule has 0 aliphatic rings. The highest BCUT2D eigenvalue weighted by Gasteiger charge is 2.11. The Hall–Kier alpha value is -2.20. The zero-order valence-electron chi connectivity index (χ0n) is 10.6. The van der Waals surface area contributed by atoms with Gasteiger partial charge in [0.1, 0.15) is 5.82 Å². The lowest BCUT2D eigenvalue weighted by Crippen LogP contribution is -2.32. The summed E-state index contributed by atoms with van der Waals surface area (Å²) in [6, 6.07) is 12.9. The number of benzene rings is 2. The highest BCUT2D eigenvalue weighted by atomic mass is 19.1. The number of halogens is 1. The summed E-state index contributed by atoms with van der Waals surface area (Å²) in [5.74, 6) is -0.546. The predicted octanol–water partition coefficient (Wildman–Crippen LogP) is 2.78. The zero-order chi connectivity index (χ0) is 13.8. The third-order valence-corrected chi connectivity index (χ3v) is 2.75. The molecular formula is C15H15FN2O.